The molecule has 0 bridgehead atoms. The summed E-state index contributed by atoms with van der Waals surface area (Å²) in [5.74, 6) is -0.929. The number of carboxylic acids is 1. The fourth-order valence-corrected chi connectivity index (χ4v) is 2.37. The van der Waals surface area contributed by atoms with Gasteiger partial charge in [-0.1, -0.05) is 11.8 Å². The molecule has 19 heavy (non-hydrogen) atoms. The van der Waals surface area contributed by atoms with E-state index in [9.17, 15) is 4.79 Å². The molecule has 0 atom stereocenters. The molecule has 0 aliphatic rings. The SMILES string of the molecule is Cc1nn(C)c(C)c1-c1ccnc(SCC(=O)O)n1. The molecule has 0 amide bonds. The highest BCUT2D eigenvalue weighted by atomic mass is 32.2. The van der Waals surface area contributed by atoms with E-state index < -0.39 is 5.97 Å². The molecule has 0 saturated heterocycles. The third-order valence-electron chi connectivity index (χ3n) is 2.72. The Morgan fingerprint density at radius 2 is 2.21 bits per heavy atom. The van der Waals surface area contributed by atoms with E-state index in [1.54, 1.807) is 10.9 Å². The zero-order valence-corrected chi connectivity index (χ0v) is 11.7. The van der Waals surface area contributed by atoms with E-state index in [-0.39, 0.29) is 5.75 Å². The van der Waals surface area contributed by atoms with Crippen molar-refractivity contribution in [3.8, 4) is 11.3 Å². The Bertz CT molecular complexity index is 624. The molecule has 7 heteroatoms. The van der Waals surface area contributed by atoms with Gasteiger partial charge in [0.2, 0.25) is 0 Å². The van der Waals surface area contributed by atoms with Gasteiger partial charge in [-0.15, -0.1) is 0 Å². The van der Waals surface area contributed by atoms with Crippen molar-refractivity contribution in [2.24, 2.45) is 7.05 Å². The van der Waals surface area contributed by atoms with Crippen LogP contribution >= 0.6 is 11.8 Å². The Balaban J connectivity index is 2.35. The molecule has 2 heterocycles. The van der Waals surface area contributed by atoms with Gasteiger partial charge in [-0.25, -0.2) is 9.97 Å². The van der Waals surface area contributed by atoms with E-state index in [4.69, 9.17) is 5.11 Å². The third-order valence-corrected chi connectivity index (χ3v) is 3.57. The monoisotopic (exact) mass is 278 g/mol. The Morgan fingerprint density at radius 3 is 2.79 bits per heavy atom. The summed E-state index contributed by atoms with van der Waals surface area (Å²) in [4.78, 5) is 19.0. The van der Waals surface area contributed by atoms with Gasteiger partial charge in [0.1, 0.15) is 0 Å². The fourth-order valence-electron chi connectivity index (χ4n) is 1.82. The molecular formula is C12H14N4O2S. The molecule has 2 rings (SSSR count). The number of carboxylic acid groups (broad SMARTS) is 1. The van der Waals surface area contributed by atoms with Crippen LogP contribution < -0.4 is 0 Å². The van der Waals surface area contributed by atoms with Crippen LogP contribution in [-0.2, 0) is 11.8 Å². The fraction of sp³-hybridized carbons (Fsp3) is 0.333. The molecule has 6 nitrogen and oxygen atoms in total. The Hall–Kier alpha value is -1.89. The molecule has 0 saturated carbocycles. The Kier molecular flexibility index (Phi) is 3.84. The normalized spacial score (nSPS) is 10.7. The maximum atomic E-state index is 10.5. The molecule has 0 unspecified atom stereocenters. The average Bonchev–Trinajstić information content (AvgIpc) is 2.61. The number of hydrogen-bond acceptors (Lipinski definition) is 5. The van der Waals surface area contributed by atoms with Gasteiger partial charge < -0.3 is 5.11 Å². The lowest BCUT2D eigenvalue weighted by Crippen LogP contribution is -2.00. The molecule has 0 aliphatic carbocycles. The van der Waals surface area contributed by atoms with Crippen LogP contribution in [0, 0.1) is 13.8 Å². The number of carbonyl (C=O) groups is 1. The summed E-state index contributed by atoms with van der Waals surface area (Å²) in [6.45, 7) is 3.90. The predicted molar refractivity (Wildman–Crippen MR) is 72.1 cm³/mol. The second-order valence-corrected chi connectivity index (χ2v) is 5.02. The van der Waals surface area contributed by atoms with E-state index in [0.29, 0.717) is 5.16 Å². The summed E-state index contributed by atoms with van der Waals surface area (Å²) in [5.41, 5.74) is 3.66. The number of thioether (sulfide) groups is 1. The van der Waals surface area contributed by atoms with Gasteiger partial charge in [0.15, 0.2) is 5.16 Å². The number of rotatable bonds is 4. The maximum absolute atomic E-state index is 10.5. The molecule has 100 valence electrons. The van der Waals surface area contributed by atoms with E-state index in [1.807, 2.05) is 27.0 Å². The lowest BCUT2D eigenvalue weighted by Gasteiger charge is -2.03. The van der Waals surface area contributed by atoms with E-state index in [0.717, 1.165) is 34.4 Å². The number of nitrogens with zero attached hydrogens (tertiary/aromatic N) is 4. The Morgan fingerprint density at radius 1 is 1.47 bits per heavy atom. The van der Waals surface area contributed by atoms with Gasteiger partial charge in [0.25, 0.3) is 0 Å². The second-order valence-electron chi connectivity index (χ2n) is 4.08. The van der Waals surface area contributed by atoms with Crippen LogP contribution in [0.1, 0.15) is 11.4 Å². The highest BCUT2D eigenvalue weighted by Crippen LogP contribution is 2.25. The summed E-state index contributed by atoms with van der Waals surface area (Å²) >= 11 is 1.11. The first-order valence-corrected chi connectivity index (χ1v) is 6.66. The van der Waals surface area contributed by atoms with Crippen molar-refractivity contribution >= 4 is 17.7 Å². The summed E-state index contributed by atoms with van der Waals surface area (Å²) in [6, 6.07) is 1.81. The first-order valence-electron chi connectivity index (χ1n) is 5.67. The lowest BCUT2D eigenvalue weighted by atomic mass is 10.1. The molecule has 2 aromatic rings. The standard InChI is InChI=1S/C12H14N4O2S/c1-7-11(8(2)16(3)15-7)9-4-5-13-12(14-9)19-6-10(17)18/h4-5H,6H2,1-3H3,(H,17,18). The molecule has 1 N–H and O–H groups in total. The van der Waals surface area contributed by atoms with Crippen LogP contribution in [0.15, 0.2) is 17.4 Å². The number of aliphatic carboxylic acids is 1. The zero-order valence-electron chi connectivity index (χ0n) is 10.9. The van der Waals surface area contributed by atoms with Crippen LogP contribution in [0.3, 0.4) is 0 Å². The average molecular weight is 278 g/mol. The van der Waals surface area contributed by atoms with Gasteiger partial charge in [-0.2, -0.15) is 5.10 Å². The molecule has 0 spiro atoms. The van der Waals surface area contributed by atoms with E-state index in [2.05, 4.69) is 15.1 Å². The van der Waals surface area contributed by atoms with Crippen LogP contribution in [0.25, 0.3) is 11.3 Å². The number of aryl methyl sites for hydroxylation is 2. The molecule has 0 aromatic carbocycles. The van der Waals surface area contributed by atoms with Gasteiger partial charge in [0.05, 0.1) is 17.1 Å². The third kappa shape index (κ3) is 2.93. The highest BCUT2D eigenvalue weighted by molar-refractivity contribution is 7.99. The second kappa shape index (κ2) is 5.40. The first-order chi connectivity index (χ1) is 8.99. The van der Waals surface area contributed by atoms with Crippen molar-refractivity contribution in [2.45, 2.75) is 19.0 Å². The first kappa shape index (κ1) is 13.5. The molecule has 0 radical (unpaired) electrons. The van der Waals surface area contributed by atoms with Crippen LogP contribution in [0.4, 0.5) is 0 Å². The summed E-state index contributed by atoms with van der Waals surface area (Å²) in [6.07, 6.45) is 1.64. The molecular weight excluding hydrogens is 264 g/mol. The largest absolute Gasteiger partial charge is 0.481 e. The summed E-state index contributed by atoms with van der Waals surface area (Å²) < 4.78 is 1.80. The molecule has 2 aromatic heterocycles. The van der Waals surface area contributed by atoms with Crippen molar-refractivity contribution in [3.63, 3.8) is 0 Å². The summed E-state index contributed by atoms with van der Waals surface area (Å²) in [5, 5.41) is 13.5. The van der Waals surface area contributed by atoms with Gasteiger partial charge in [-0.3, -0.25) is 9.48 Å². The minimum absolute atomic E-state index is 0.0472. The van der Waals surface area contributed by atoms with Crippen molar-refractivity contribution in [1.29, 1.82) is 0 Å². The highest BCUT2D eigenvalue weighted by Gasteiger charge is 2.14. The number of aromatic nitrogens is 4. The van der Waals surface area contributed by atoms with Crippen molar-refractivity contribution in [3.05, 3.63) is 23.7 Å². The van der Waals surface area contributed by atoms with Gasteiger partial charge in [0, 0.05) is 24.5 Å². The van der Waals surface area contributed by atoms with Gasteiger partial charge >= 0.3 is 5.97 Å². The minimum atomic E-state index is -0.882. The molecule has 0 fully saturated rings. The predicted octanol–water partition coefficient (Wildman–Crippen LogP) is 1.67. The Labute approximate surface area is 114 Å². The maximum Gasteiger partial charge on any atom is 0.313 e. The summed E-state index contributed by atoms with van der Waals surface area (Å²) in [7, 11) is 1.88. The van der Waals surface area contributed by atoms with E-state index in [1.165, 1.54) is 0 Å². The zero-order chi connectivity index (χ0) is 14.0. The van der Waals surface area contributed by atoms with Crippen LogP contribution in [0.5, 0.6) is 0 Å². The lowest BCUT2D eigenvalue weighted by molar-refractivity contribution is -0.133. The van der Waals surface area contributed by atoms with E-state index >= 15 is 0 Å². The van der Waals surface area contributed by atoms with Crippen LogP contribution in [0.2, 0.25) is 0 Å². The van der Waals surface area contributed by atoms with Crippen molar-refractivity contribution < 1.29 is 9.90 Å². The van der Waals surface area contributed by atoms with Crippen molar-refractivity contribution in [1.82, 2.24) is 19.7 Å². The van der Waals surface area contributed by atoms with Gasteiger partial charge in [-0.05, 0) is 19.9 Å². The smallest absolute Gasteiger partial charge is 0.313 e. The quantitative estimate of drug-likeness (QED) is 0.677. The van der Waals surface area contributed by atoms with Crippen LogP contribution in [-0.4, -0.2) is 36.6 Å². The van der Waals surface area contributed by atoms with Crippen molar-refractivity contribution in [2.75, 3.05) is 5.75 Å². The number of hydrogen-bond donors (Lipinski definition) is 1. The minimum Gasteiger partial charge on any atom is -0.481 e. The topological polar surface area (TPSA) is 80.9 Å². The molecule has 0 aliphatic heterocycles.